The van der Waals surface area contributed by atoms with Gasteiger partial charge in [-0.1, -0.05) is 0 Å². The van der Waals surface area contributed by atoms with Crippen LogP contribution in [0.4, 0.5) is 0 Å². The molecule has 1 aliphatic rings. The maximum Gasteiger partial charge on any atom is 0.0947 e. The first-order valence-electron chi connectivity index (χ1n) is 7.05. The lowest BCUT2D eigenvalue weighted by atomic mass is 10.1. The van der Waals surface area contributed by atoms with E-state index >= 15 is 0 Å². The molecule has 1 heterocycles. The van der Waals surface area contributed by atoms with E-state index in [1.54, 1.807) is 0 Å². The van der Waals surface area contributed by atoms with Crippen molar-refractivity contribution in [3.8, 4) is 0 Å². The van der Waals surface area contributed by atoms with E-state index in [0.717, 1.165) is 52.4 Å². The number of aliphatic hydroxyl groups excluding tert-OH is 3. The summed E-state index contributed by atoms with van der Waals surface area (Å²) in [7, 11) is 0. The van der Waals surface area contributed by atoms with Gasteiger partial charge in [0, 0.05) is 52.4 Å². The summed E-state index contributed by atoms with van der Waals surface area (Å²) in [6, 6.07) is -0.408. The van der Waals surface area contributed by atoms with Gasteiger partial charge in [0.15, 0.2) is 0 Å². The van der Waals surface area contributed by atoms with Gasteiger partial charge in [-0.15, -0.1) is 0 Å². The van der Waals surface area contributed by atoms with Crippen LogP contribution in [0, 0.1) is 0 Å². The second kappa shape index (κ2) is 10.5. The first-order chi connectivity index (χ1) is 9.29. The molecule has 0 amide bonds. The minimum atomic E-state index is -0.903. The zero-order valence-electron chi connectivity index (χ0n) is 11.5. The molecule has 7 heteroatoms. The molecule has 0 radical (unpaired) electrons. The van der Waals surface area contributed by atoms with Crippen molar-refractivity contribution in [1.29, 1.82) is 0 Å². The molecule has 0 aliphatic carbocycles. The smallest absolute Gasteiger partial charge is 0.0947 e. The van der Waals surface area contributed by atoms with E-state index in [4.69, 9.17) is 5.11 Å². The van der Waals surface area contributed by atoms with Crippen molar-refractivity contribution < 1.29 is 15.3 Å². The van der Waals surface area contributed by atoms with Crippen LogP contribution in [-0.2, 0) is 0 Å². The van der Waals surface area contributed by atoms with E-state index in [2.05, 4.69) is 16.0 Å². The molecule has 0 aromatic heterocycles. The Morgan fingerprint density at radius 2 is 1.26 bits per heavy atom. The van der Waals surface area contributed by atoms with Gasteiger partial charge in [0.05, 0.1) is 25.4 Å². The summed E-state index contributed by atoms with van der Waals surface area (Å²) in [5.74, 6) is 0. The lowest BCUT2D eigenvalue weighted by molar-refractivity contribution is -0.0124. The number of rotatable bonds is 4. The van der Waals surface area contributed by atoms with Crippen molar-refractivity contribution in [2.45, 2.75) is 12.1 Å². The Balaban J connectivity index is 2.48. The van der Waals surface area contributed by atoms with Crippen LogP contribution < -0.4 is 16.0 Å². The van der Waals surface area contributed by atoms with Crippen LogP contribution in [0.3, 0.4) is 0 Å². The molecular weight excluding hydrogens is 248 g/mol. The second-order valence-electron chi connectivity index (χ2n) is 4.79. The van der Waals surface area contributed by atoms with E-state index in [1.165, 1.54) is 0 Å². The minimum absolute atomic E-state index is 0.150. The van der Waals surface area contributed by atoms with Crippen LogP contribution in [0.1, 0.15) is 0 Å². The molecule has 1 aliphatic heterocycles. The van der Waals surface area contributed by atoms with E-state index in [1.807, 2.05) is 4.90 Å². The Labute approximate surface area is 115 Å². The van der Waals surface area contributed by atoms with Gasteiger partial charge in [-0.2, -0.15) is 0 Å². The molecule has 1 fully saturated rings. The van der Waals surface area contributed by atoms with Crippen molar-refractivity contribution in [2.75, 3.05) is 65.6 Å². The maximum absolute atomic E-state index is 9.76. The molecule has 0 spiro atoms. The number of nitrogens with zero attached hydrogens (tertiary/aromatic N) is 1. The van der Waals surface area contributed by atoms with Gasteiger partial charge in [0.25, 0.3) is 0 Å². The highest BCUT2D eigenvalue weighted by molar-refractivity contribution is 4.79. The predicted octanol–water partition coefficient (Wildman–Crippen LogP) is -3.22. The predicted molar refractivity (Wildman–Crippen MR) is 74.1 cm³/mol. The molecular formula is C12H28N4O3. The third-order valence-corrected chi connectivity index (χ3v) is 3.40. The van der Waals surface area contributed by atoms with Crippen LogP contribution in [0.2, 0.25) is 0 Å². The highest BCUT2D eigenvalue weighted by Crippen LogP contribution is 2.04. The molecule has 0 aromatic rings. The minimum Gasteiger partial charge on any atom is -0.395 e. The fourth-order valence-corrected chi connectivity index (χ4v) is 2.22. The molecule has 1 saturated heterocycles. The molecule has 6 N–H and O–H groups in total. The largest absolute Gasteiger partial charge is 0.395 e. The third-order valence-electron chi connectivity index (χ3n) is 3.40. The molecule has 2 unspecified atom stereocenters. The topological polar surface area (TPSA) is 100 Å². The summed E-state index contributed by atoms with van der Waals surface area (Å²) in [5, 5.41) is 38.2. The Bertz CT molecular complexity index is 209. The van der Waals surface area contributed by atoms with Gasteiger partial charge < -0.3 is 31.3 Å². The molecule has 0 bridgehead atoms. The number of nitrogens with one attached hydrogen (secondary N) is 3. The van der Waals surface area contributed by atoms with E-state index < -0.39 is 12.1 Å². The first kappa shape index (κ1) is 16.8. The SMILES string of the molecule is OCC(O)C(CO)N1CCNCCNCCNCC1. The van der Waals surface area contributed by atoms with Crippen molar-refractivity contribution in [1.82, 2.24) is 20.9 Å². The van der Waals surface area contributed by atoms with Gasteiger partial charge in [-0.05, 0) is 0 Å². The van der Waals surface area contributed by atoms with Crippen molar-refractivity contribution in [3.05, 3.63) is 0 Å². The summed E-state index contributed by atoms with van der Waals surface area (Å²) < 4.78 is 0. The summed E-state index contributed by atoms with van der Waals surface area (Å²) in [6.07, 6.45) is -0.903. The first-order valence-corrected chi connectivity index (χ1v) is 7.05. The van der Waals surface area contributed by atoms with Crippen molar-refractivity contribution >= 4 is 0 Å². The van der Waals surface area contributed by atoms with Gasteiger partial charge >= 0.3 is 0 Å². The molecule has 0 saturated carbocycles. The van der Waals surface area contributed by atoms with E-state index in [0.29, 0.717) is 0 Å². The number of aliphatic hydroxyl groups is 3. The molecule has 0 aromatic carbocycles. The second-order valence-corrected chi connectivity index (χ2v) is 4.79. The Morgan fingerprint density at radius 1 is 0.789 bits per heavy atom. The zero-order chi connectivity index (χ0) is 13.9. The Morgan fingerprint density at radius 3 is 1.68 bits per heavy atom. The average molecular weight is 276 g/mol. The summed E-state index contributed by atoms with van der Waals surface area (Å²) in [4.78, 5) is 2.02. The summed E-state index contributed by atoms with van der Waals surface area (Å²) in [5.41, 5.74) is 0. The van der Waals surface area contributed by atoms with E-state index in [9.17, 15) is 10.2 Å². The third kappa shape index (κ3) is 6.62. The van der Waals surface area contributed by atoms with Crippen molar-refractivity contribution in [3.63, 3.8) is 0 Å². The number of hydrogen-bond donors (Lipinski definition) is 6. The van der Waals surface area contributed by atoms with Gasteiger partial charge in [-0.25, -0.2) is 0 Å². The molecule has 19 heavy (non-hydrogen) atoms. The van der Waals surface area contributed by atoms with Crippen molar-refractivity contribution in [2.24, 2.45) is 0 Å². The fraction of sp³-hybridized carbons (Fsp3) is 1.00. The quantitative estimate of drug-likeness (QED) is 0.321. The van der Waals surface area contributed by atoms with Gasteiger partial charge in [-0.3, -0.25) is 4.90 Å². The average Bonchev–Trinajstić information content (AvgIpc) is 2.41. The van der Waals surface area contributed by atoms with Crippen LogP contribution >= 0.6 is 0 Å². The molecule has 7 nitrogen and oxygen atoms in total. The lowest BCUT2D eigenvalue weighted by Crippen LogP contribution is -2.52. The maximum atomic E-state index is 9.76. The van der Waals surface area contributed by atoms with Crippen LogP contribution in [-0.4, -0.2) is 97.9 Å². The molecule has 1 rings (SSSR count). The zero-order valence-corrected chi connectivity index (χ0v) is 11.5. The fourth-order valence-electron chi connectivity index (χ4n) is 2.22. The number of hydrogen-bond acceptors (Lipinski definition) is 7. The van der Waals surface area contributed by atoms with Gasteiger partial charge in [0.2, 0.25) is 0 Å². The van der Waals surface area contributed by atoms with Crippen LogP contribution in [0.25, 0.3) is 0 Å². The van der Waals surface area contributed by atoms with E-state index in [-0.39, 0.29) is 13.2 Å². The molecule has 2 atom stereocenters. The standard InChI is InChI=1S/C12H28N4O3/c17-9-11(12(19)10-18)16-7-5-14-3-1-13-2-4-15-6-8-16/h11-15,17-19H,1-10H2. The van der Waals surface area contributed by atoms with Crippen LogP contribution in [0.5, 0.6) is 0 Å². The monoisotopic (exact) mass is 276 g/mol. The van der Waals surface area contributed by atoms with Crippen LogP contribution in [0.15, 0.2) is 0 Å². The Hall–Kier alpha value is -0.280. The summed E-state index contributed by atoms with van der Waals surface area (Å²) in [6.45, 7) is 6.28. The Kier molecular flexibility index (Phi) is 9.27. The normalized spacial score (nSPS) is 24.2. The van der Waals surface area contributed by atoms with Gasteiger partial charge in [0.1, 0.15) is 0 Å². The lowest BCUT2D eigenvalue weighted by Gasteiger charge is -2.33. The highest BCUT2D eigenvalue weighted by Gasteiger charge is 2.24. The molecule has 114 valence electrons. The summed E-state index contributed by atoms with van der Waals surface area (Å²) >= 11 is 0. The highest BCUT2D eigenvalue weighted by atomic mass is 16.3.